The lowest BCUT2D eigenvalue weighted by atomic mass is 10.1. The molecule has 0 saturated heterocycles. The van der Waals surface area contributed by atoms with Gasteiger partial charge in [-0.1, -0.05) is 23.7 Å². The van der Waals surface area contributed by atoms with Crippen molar-refractivity contribution in [3.8, 4) is 11.5 Å². The van der Waals surface area contributed by atoms with Gasteiger partial charge >= 0.3 is 0 Å². The van der Waals surface area contributed by atoms with Crippen LogP contribution in [0.2, 0.25) is 5.02 Å². The molecule has 0 radical (unpaired) electrons. The van der Waals surface area contributed by atoms with Gasteiger partial charge in [-0.05, 0) is 82.2 Å². The summed E-state index contributed by atoms with van der Waals surface area (Å²) in [6, 6.07) is 11.2. The second-order valence-electron chi connectivity index (χ2n) is 11.1. The number of halogens is 2. The molecule has 1 amide bonds. The number of nitrogens with one attached hydrogen (secondary N) is 3. The van der Waals surface area contributed by atoms with E-state index in [1.165, 1.54) is 23.5 Å². The normalized spacial score (nSPS) is 16.4. The summed E-state index contributed by atoms with van der Waals surface area (Å²) in [6.45, 7) is 3.41. The minimum Gasteiger partial charge on any atom is -0.454 e. The standard InChI is InChI=1S/C30H33ClFN5O3S/c1-16-7-14-22(21(32)15-16)34-28-25(29(38)33-18-8-9-18)27(17(2)30(39)36(28)3)40-24-6-4-5-23(26(24)31)37(20-12-13-20)41-35-19-10-11-19/h4-7,14-15,18-20,34-35H,8-13H2,1-3H3,(H,33,38). The molecule has 1 heterocycles. The highest BCUT2D eigenvalue weighted by molar-refractivity contribution is 7.98. The Bertz CT molecular complexity index is 1570. The summed E-state index contributed by atoms with van der Waals surface area (Å²) in [6.07, 6.45) is 6.23. The Kier molecular flexibility index (Phi) is 7.65. The zero-order valence-electron chi connectivity index (χ0n) is 23.2. The monoisotopic (exact) mass is 597 g/mol. The van der Waals surface area contributed by atoms with E-state index in [9.17, 15) is 14.0 Å². The lowest BCUT2D eigenvalue weighted by Crippen LogP contribution is -2.31. The zero-order valence-corrected chi connectivity index (χ0v) is 24.8. The van der Waals surface area contributed by atoms with Crippen molar-refractivity contribution in [1.82, 2.24) is 14.6 Å². The number of hydrogen-bond acceptors (Lipinski definition) is 7. The molecule has 2 aromatic carbocycles. The number of aromatic nitrogens is 1. The van der Waals surface area contributed by atoms with E-state index in [0.717, 1.165) is 36.9 Å². The van der Waals surface area contributed by atoms with Crippen LogP contribution in [0, 0.1) is 19.7 Å². The molecular weight excluding hydrogens is 565 g/mol. The highest BCUT2D eigenvalue weighted by atomic mass is 35.5. The van der Waals surface area contributed by atoms with Crippen LogP contribution in [-0.4, -0.2) is 28.6 Å². The van der Waals surface area contributed by atoms with Gasteiger partial charge in [-0.3, -0.25) is 18.5 Å². The number of amides is 1. The first-order valence-corrected chi connectivity index (χ1v) is 15.1. The lowest BCUT2D eigenvalue weighted by molar-refractivity contribution is 0.0948. The van der Waals surface area contributed by atoms with Crippen molar-refractivity contribution in [3.63, 3.8) is 0 Å². The molecule has 11 heteroatoms. The maximum Gasteiger partial charge on any atom is 0.259 e. The third-order valence-electron chi connectivity index (χ3n) is 7.45. The number of anilines is 3. The summed E-state index contributed by atoms with van der Waals surface area (Å²) in [5, 5.41) is 6.39. The summed E-state index contributed by atoms with van der Waals surface area (Å²) >= 11 is 8.51. The first-order valence-electron chi connectivity index (χ1n) is 14.0. The fourth-order valence-corrected chi connectivity index (χ4v) is 5.97. The van der Waals surface area contributed by atoms with E-state index in [1.54, 1.807) is 51.2 Å². The first-order chi connectivity index (χ1) is 19.7. The fraction of sp³-hybridized carbons (Fsp3) is 0.400. The number of ether oxygens (including phenoxy) is 1. The molecule has 0 aliphatic heterocycles. The van der Waals surface area contributed by atoms with Gasteiger partial charge in [0.1, 0.15) is 28.0 Å². The molecule has 0 atom stereocenters. The Hall–Kier alpha value is -3.21. The summed E-state index contributed by atoms with van der Waals surface area (Å²) in [7, 11) is 1.55. The van der Waals surface area contributed by atoms with E-state index < -0.39 is 11.7 Å². The van der Waals surface area contributed by atoms with Crippen molar-refractivity contribution in [2.75, 3.05) is 9.62 Å². The third kappa shape index (κ3) is 6.05. The number of rotatable bonds is 11. The average molecular weight is 598 g/mol. The SMILES string of the molecule is Cc1ccc(Nc2c(C(=O)NC3CC3)c(Oc3cccc(N(SNC4CC4)C4CC4)c3Cl)c(C)c(=O)n2C)c(F)c1. The number of carbonyl (C=O) groups is 1. The van der Waals surface area contributed by atoms with Crippen LogP contribution in [0.25, 0.3) is 0 Å². The summed E-state index contributed by atoms with van der Waals surface area (Å²) in [5.41, 5.74) is 1.67. The van der Waals surface area contributed by atoms with Crippen LogP contribution in [-0.2, 0) is 7.05 Å². The highest BCUT2D eigenvalue weighted by Gasteiger charge is 2.35. The van der Waals surface area contributed by atoms with Crippen molar-refractivity contribution in [3.05, 3.63) is 74.3 Å². The molecule has 3 aliphatic carbocycles. The van der Waals surface area contributed by atoms with E-state index in [-0.39, 0.29) is 40.0 Å². The minimum absolute atomic E-state index is 0.0480. The summed E-state index contributed by atoms with van der Waals surface area (Å²) in [4.78, 5) is 27.1. The van der Waals surface area contributed by atoms with Crippen LogP contribution < -0.4 is 30.0 Å². The zero-order chi connectivity index (χ0) is 28.8. The second-order valence-corrected chi connectivity index (χ2v) is 12.3. The Balaban J connectivity index is 1.42. The van der Waals surface area contributed by atoms with Crippen LogP contribution in [0.1, 0.15) is 60.0 Å². The topological polar surface area (TPSA) is 87.6 Å². The molecule has 0 spiro atoms. The maximum absolute atomic E-state index is 14.9. The maximum atomic E-state index is 14.9. The molecule has 8 nitrogen and oxygen atoms in total. The minimum atomic E-state index is -0.498. The van der Waals surface area contributed by atoms with E-state index in [0.29, 0.717) is 22.9 Å². The van der Waals surface area contributed by atoms with Crippen LogP contribution >= 0.6 is 23.7 Å². The van der Waals surface area contributed by atoms with Crippen LogP contribution in [0.15, 0.2) is 41.2 Å². The Labute approximate surface area is 247 Å². The molecular formula is C30H33ClFN5O3S. The first kappa shape index (κ1) is 27.9. The predicted molar refractivity (Wildman–Crippen MR) is 162 cm³/mol. The molecule has 3 aromatic rings. The Morgan fingerprint density at radius 2 is 1.83 bits per heavy atom. The molecule has 1 aromatic heterocycles. The molecule has 3 saturated carbocycles. The molecule has 3 N–H and O–H groups in total. The number of aryl methyl sites for hydroxylation is 1. The number of carbonyl (C=O) groups excluding carboxylic acids is 1. The largest absolute Gasteiger partial charge is 0.454 e. The van der Waals surface area contributed by atoms with Gasteiger partial charge in [0, 0.05) is 37.3 Å². The Morgan fingerprint density at radius 1 is 1.10 bits per heavy atom. The van der Waals surface area contributed by atoms with Crippen LogP contribution in [0.4, 0.5) is 21.6 Å². The van der Waals surface area contributed by atoms with Gasteiger partial charge < -0.3 is 15.4 Å². The number of pyridine rings is 1. The van der Waals surface area contributed by atoms with Crippen molar-refractivity contribution in [2.24, 2.45) is 7.05 Å². The number of hydrogen-bond donors (Lipinski definition) is 3. The summed E-state index contributed by atoms with van der Waals surface area (Å²) in [5.74, 6) is -0.365. The van der Waals surface area contributed by atoms with Crippen molar-refractivity contribution in [1.29, 1.82) is 0 Å². The van der Waals surface area contributed by atoms with Gasteiger partial charge in [-0.25, -0.2) is 9.11 Å². The predicted octanol–water partition coefficient (Wildman–Crippen LogP) is 6.51. The molecule has 41 heavy (non-hydrogen) atoms. The molecule has 3 aliphatic rings. The average Bonchev–Trinajstić information content (AvgIpc) is 3.78. The molecule has 0 bridgehead atoms. The van der Waals surface area contributed by atoms with E-state index in [1.807, 2.05) is 12.1 Å². The molecule has 0 unspecified atom stereocenters. The molecule has 3 fully saturated rings. The number of benzene rings is 2. The quantitative estimate of drug-likeness (QED) is 0.217. The van der Waals surface area contributed by atoms with Crippen molar-refractivity contribution >= 4 is 46.8 Å². The fourth-order valence-electron chi connectivity index (χ4n) is 4.55. The van der Waals surface area contributed by atoms with Crippen molar-refractivity contribution < 1.29 is 13.9 Å². The smallest absolute Gasteiger partial charge is 0.259 e. The number of nitrogens with zero attached hydrogens (tertiary/aromatic N) is 2. The van der Waals surface area contributed by atoms with Crippen LogP contribution in [0.3, 0.4) is 0 Å². The van der Waals surface area contributed by atoms with E-state index >= 15 is 0 Å². The molecule has 216 valence electrons. The summed E-state index contributed by atoms with van der Waals surface area (Å²) < 4.78 is 28.3. The third-order valence-corrected chi connectivity index (χ3v) is 8.96. The molecule has 6 rings (SSSR count). The van der Waals surface area contributed by atoms with E-state index in [2.05, 4.69) is 19.7 Å². The van der Waals surface area contributed by atoms with Gasteiger partial charge in [0.25, 0.3) is 11.5 Å². The van der Waals surface area contributed by atoms with E-state index in [4.69, 9.17) is 16.3 Å². The highest BCUT2D eigenvalue weighted by Crippen LogP contribution is 2.45. The second kappa shape index (κ2) is 11.2. The van der Waals surface area contributed by atoms with Gasteiger partial charge in [0.15, 0.2) is 5.75 Å². The van der Waals surface area contributed by atoms with Gasteiger partial charge in [0.05, 0.1) is 16.9 Å². The van der Waals surface area contributed by atoms with Crippen molar-refractivity contribution in [2.45, 2.75) is 70.5 Å². The van der Waals surface area contributed by atoms with Crippen LogP contribution in [0.5, 0.6) is 11.5 Å². The Morgan fingerprint density at radius 3 is 2.49 bits per heavy atom. The van der Waals surface area contributed by atoms with Gasteiger partial charge in [-0.15, -0.1) is 0 Å². The van der Waals surface area contributed by atoms with Gasteiger partial charge in [0.2, 0.25) is 0 Å². The van der Waals surface area contributed by atoms with Gasteiger partial charge in [-0.2, -0.15) is 0 Å². The lowest BCUT2D eigenvalue weighted by Gasteiger charge is -2.25.